The van der Waals surface area contributed by atoms with Crippen LogP contribution in [-0.2, 0) is 5.41 Å². The van der Waals surface area contributed by atoms with Crippen LogP contribution < -0.4 is 0 Å². The number of aromatic nitrogens is 3. The van der Waals surface area contributed by atoms with Crippen LogP contribution in [0.4, 0.5) is 0 Å². The first-order valence-corrected chi connectivity index (χ1v) is 13.0. The highest BCUT2D eigenvalue weighted by atomic mass is 14.9. The Kier molecular flexibility index (Phi) is 3.73. The molecule has 0 unspecified atom stereocenters. The summed E-state index contributed by atoms with van der Waals surface area (Å²) >= 11 is 0. The molecular weight excluding hydrogens is 462 g/mol. The number of hydrogen-bond donors (Lipinski definition) is 0. The number of rotatable bonds is 2. The Morgan fingerprint density at radius 2 is 1.16 bits per heavy atom. The van der Waals surface area contributed by atoms with E-state index in [4.69, 9.17) is 0 Å². The molecule has 0 saturated heterocycles. The van der Waals surface area contributed by atoms with Gasteiger partial charge in [0, 0.05) is 33.9 Å². The van der Waals surface area contributed by atoms with Crippen LogP contribution in [0.3, 0.4) is 0 Å². The van der Waals surface area contributed by atoms with Gasteiger partial charge in [-0.3, -0.25) is 9.97 Å². The van der Waals surface area contributed by atoms with E-state index < -0.39 is 5.41 Å². The van der Waals surface area contributed by atoms with Crippen LogP contribution in [0.1, 0.15) is 22.3 Å². The van der Waals surface area contributed by atoms with Gasteiger partial charge in [0.15, 0.2) is 0 Å². The van der Waals surface area contributed by atoms with Gasteiger partial charge in [0.25, 0.3) is 0 Å². The van der Waals surface area contributed by atoms with Gasteiger partial charge < -0.3 is 4.40 Å². The quantitative estimate of drug-likeness (QED) is 0.249. The van der Waals surface area contributed by atoms with Gasteiger partial charge in [-0.25, -0.2) is 0 Å². The van der Waals surface area contributed by atoms with Crippen LogP contribution in [-0.4, -0.2) is 14.4 Å². The molecule has 8 aromatic rings. The fourth-order valence-corrected chi connectivity index (χ4v) is 7.24. The highest BCUT2D eigenvalue weighted by Gasteiger charge is 2.48. The van der Waals surface area contributed by atoms with Crippen LogP contribution >= 0.6 is 0 Å². The van der Waals surface area contributed by atoms with Crippen molar-refractivity contribution < 1.29 is 0 Å². The van der Waals surface area contributed by atoms with Crippen molar-refractivity contribution in [3.05, 3.63) is 150 Å². The fourth-order valence-electron chi connectivity index (χ4n) is 7.24. The van der Waals surface area contributed by atoms with Crippen LogP contribution in [0.2, 0.25) is 0 Å². The molecule has 1 aliphatic carbocycles. The minimum absolute atomic E-state index is 0.456. The van der Waals surface area contributed by atoms with Crippen molar-refractivity contribution in [2.45, 2.75) is 5.41 Å². The van der Waals surface area contributed by atoms with Crippen molar-refractivity contribution in [2.24, 2.45) is 0 Å². The monoisotopic (exact) mass is 483 g/mol. The van der Waals surface area contributed by atoms with Gasteiger partial charge in [-0.2, -0.15) is 0 Å². The highest BCUT2D eigenvalue weighted by Crippen LogP contribution is 2.60. The van der Waals surface area contributed by atoms with Gasteiger partial charge in [-0.1, -0.05) is 84.9 Å². The second kappa shape index (κ2) is 7.05. The molecule has 176 valence electrons. The zero-order chi connectivity index (χ0) is 24.8. The minimum Gasteiger partial charge on any atom is -0.305 e. The first-order chi connectivity index (χ1) is 18.9. The molecule has 0 aliphatic heterocycles. The molecule has 9 rings (SSSR count). The van der Waals surface area contributed by atoms with E-state index in [1.165, 1.54) is 60.4 Å². The number of fused-ring (bicyclic) bond motifs is 10. The van der Waals surface area contributed by atoms with Crippen LogP contribution in [0.25, 0.3) is 49.2 Å². The third-order valence-electron chi connectivity index (χ3n) is 8.57. The van der Waals surface area contributed by atoms with Crippen molar-refractivity contribution in [2.75, 3.05) is 0 Å². The number of pyridine rings is 2. The van der Waals surface area contributed by atoms with Gasteiger partial charge in [-0.15, -0.1) is 0 Å². The molecule has 0 atom stereocenters. The lowest BCUT2D eigenvalue weighted by atomic mass is 9.67. The molecule has 0 radical (unpaired) electrons. The lowest BCUT2D eigenvalue weighted by Crippen LogP contribution is -2.28. The minimum atomic E-state index is -0.456. The van der Waals surface area contributed by atoms with Gasteiger partial charge in [-0.05, 0) is 51.6 Å². The van der Waals surface area contributed by atoms with E-state index in [2.05, 4.69) is 117 Å². The predicted octanol–water partition coefficient (Wildman–Crippen LogP) is 7.99. The maximum absolute atomic E-state index is 4.56. The predicted molar refractivity (Wildman–Crippen MR) is 154 cm³/mol. The van der Waals surface area contributed by atoms with E-state index in [-0.39, 0.29) is 0 Å². The van der Waals surface area contributed by atoms with E-state index in [1.54, 1.807) is 0 Å². The molecule has 0 fully saturated rings. The van der Waals surface area contributed by atoms with Gasteiger partial charge in [0.2, 0.25) is 0 Å². The Balaban J connectivity index is 1.63. The van der Waals surface area contributed by atoms with E-state index in [1.807, 2.05) is 24.8 Å². The Labute approximate surface area is 219 Å². The molecule has 0 bridgehead atoms. The lowest BCUT2D eigenvalue weighted by Gasteiger charge is -2.34. The molecule has 3 heteroatoms. The summed E-state index contributed by atoms with van der Waals surface area (Å²) in [6.07, 6.45) is 7.81. The summed E-state index contributed by atoms with van der Waals surface area (Å²) in [6.45, 7) is 0. The highest BCUT2D eigenvalue weighted by molar-refractivity contribution is 6.26. The third kappa shape index (κ3) is 2.22. The molecule has 0 amide bonds. The van der Waals surface area contributed by atoms with Crippen LogP contribution in [0.5, 0.6) is 0 Å². The van der Waals surface area contributed by atoms with E-state index >= 15 is 0 Å². The summed E-state index contributed by atoms with van der Waals surface area (Å²) in [5, 5.41) is 5.02. The molecule has 0 N–H and O–H groups in total. The Hall–Kier alpha value is -5.02. The fraction of sp³-hybridized carbons (Fsp3) is 0.0286. The number of hydrogen-bond acceptors (Lipinski definition) is 2. The standard InChI is InChI=1S/C35H21N3/c1-3-9-22(10-4-1)35(23-11-5-2-6-12-23)29-14-8-7-13-24(29)27-19-28-25-15-17-36-20-30(25)38-31-21-37-18-16-26(31)32(33(27)35)34(28)38/h1-21H. The maximum Gasteiger partial charge on any atom is 0.0725 e. The Morgan fingerprint density at radius 1 is 0.553 bits per heavy atom. The SMILES string of the molecule is c1ccc(C2(c3ccccc3)c3ccccc3-c3cc4c5ccncc5n5c6cnccc6c(c32)c45)cc1. The lowest BCUT2D eigenvalue weighted by molar-refractivity contribution is 0.776. The molecule has 4 heterocycles. The molecule has 4 aromatic heterocycles. The number of nitrogens with zero attached hydrogens (tertiary/aromatic N) is 3. The summed E-state index contributed by atoms with van der Waals surface area (Å²) in [5.74, 6) is 0. The van der Waals surface area contributed by atoms with E-state index in [0.29, 0.717) is 0 Å². The molecule has 0 spiro atoms. The molecule has 38 heavy (non-hydrogen) atoms. The summed E-state index contributed by atoms with van der Waals surface area (Å²) in [7, 11) is 0. The normalized spacial score (nSPS) is 14.0. The second-order valence-electron chi connectivity index (χ2n) is 10.2. The van der Waals surface area contributed by atoms with E-state index in [9.17, 15) is 0 Å². The van der Waals surface area contributed by atoms with Gasteiger partial charge >= 0.3 is 0 Å². The molecule has 3 nitrogen and oxygen atoms in total. The topological polar surface area (TPSA) is 30.2 Å². The number of benzene rings is 4. The Bertz CT molecular complexity index is 2140. The molecule has 0 saturated carbocycles. The average molecular weight is 484 g/mol. The van der Waals surface area contributed by atoms with Crippen molar-refractivity contribution in [1.82, 2.24) is 14.4 Å². The van der Waals surface area contributed by atoms with E-state index in [0.717, 1.165) is 11.0 Å². The Morgan fingerprint density at radius 3 is 1.87 bits per heavy atom. The van der Waals surface area contributed by atoms with Gasteiger partial charge in [0.05, 0.1) is 34.4 Å². The summed E-state index contributed by atoms with van der Waals surface area (Å²) in [4.78, 5) is 9.07. The maximum atomic E-state index is 4.56. The summed E-state index contributed by atoms with van der Waals surface area (Å²) in [6, 6.07) is 37.8. The van der Waals surface area contributed by atoms with Crippen molar-refractivity contribution >= 4 is 38.1 Å². The van der Waals surface area contributed by atoms with Gasteiger partial charge in [0.1, 0.15) is 0 Å². The summed E-state index contributed by atoms with van der Waals surface area (Å²) in [5.41, 5.74) is 10.9. The zero-order valence-electron chi connectivity index (χ0n) is 20.5. The van der Waals surface area contributed by atoms with Crippen LogP contribution in [0.15, 0.2) is 128 Å². The first kappa shape index (κ1) is 20.1. The second-order valence-corrected chi connectivity index (χ2v) is 10.2. The smallest absolute Gasteiger partial charge is 0.0725 e. The average Bonchev–Trinajstić information content (AvgIpc) is 3.61. The first-order valence-electron chi connectivity index (χ1n) is 13.0. The zero-order valence-corrected chi connectivity index (χ0v) is 20.5. The van der Waals surface area contributed by atoms with Crippen LogP contribution in [0, 0.1) is 0 Å². The molecule has 4 aromatic carbocycles. The third-order valence-corrected chi connectivity index (χ3v) is 8.57. The summed E-state index contributed by atoms with van der Waals surface area (Å²) < 4.78 is 2.37. The largest absolute Gasteiger partial charge is 0.305 e. The van der Waals surface area contributed by atoms with Crippen molar-refractivity contribution in [1.29, 1.82) is 0 Å². The van der Waals surface area contributed by atoms with Crippen molar-refractivity contribution in [3.63, 3.8) is 0 Å². The van der Waals surface area contributed by atoms with Crippen molar-refractivity contribution in [3.8, 4) is 11.1 Å². The molecule has 1 aliphatic rings. The molecular formula is C35H21N3.